The molecular weight excluding hydrogens is 485 g/mol. The molecule has 2 aliphatic rings. The van der Waals surface area contributed by atoms with Gasteiger partial charge in [-0.1, -0.05) is 30.3 Å². The minimum absolute atomic E-state index is 0.147. The van der Waals surface area contributed by atoms with E-state index in [4.69, 9.17) is 9.47 Å². The number of rotatable bonds is 6. The fourth-order valence-corrected chi connectivity index (χ4v) is 5.88. The lowest BCUT2D eigenvalue weighted by Gasteiger charge is -2.38. The van der Waals surface area contributed by atoms with Gasteiger partial charge in [-0.25, -0.2) is 12.8 Å². The van der Waals surface area contributed by atoms with E-state index in [2.05, 4.69) is 5.32 Å². The lowest BCUT2D eigenvalue weighted by atomic mass is 10.0. The highest BCUT2D eigenvalue weighted by atomic mass is 32.2. The van der Waals surface area contributed by atoms with Crippen molar-refractivity contribution >= 4 is 21.6 Å². The van der Waals surface area contributed by atoms with Crippen LogP contribution in [-0.2, 0) is 14.8 Å². The zero-order valence-electron chi connectivity index (χ0n) is 19.5. The van der Waals surface area contributed by atoms with Gasteiger partial charge in [0.2, 0.25) is 15.9 Å². The van der Waals surface area contributed by atoms with Crippen molar-refractivity contribution < 1.29 is 27.1 Å². The Kier molecular flexibility index (Phi) is 6.90. The molecule has 3 aromatic carbocycles. The molecule has 1 amide bonds. The van der Waals surface area contributed by atoms with Crippen molar-refractivity contribution in [3.8, 4) is 11.5 Å². The second-order valence-electron chi connectivity index (χ2n) is 8.55. The maximum atomic E-state index is 13.3. The average Bonchev–Trinajstić information content (AvgIpc) is 2.91. The second-order valence-corrected chi connectivity index (χ2v) is 10.5. The van der Waals surface area contributed by atoms with Gasteiger partial charge in [-0.15, -0.1) is 0 Å². The van der Waals surface area contributed by atoms with Gasteiger partial charge in [0.15, 0.2) is 11.5 Å². The predicted octanol–water partition coefficient (Wildman–Crippen LogP) is 3.28. The number of anilines is 1. The van der Waals surface area contributed by atoms with Crippen LogP contribution in [0.5, 0.6) is 11.5 Å². The number of benzene rings is 3. The molecule has 188 valence electrons. The fraction of sp³-hybridized carbons (Fsp3) is 0.269. The highest BCUT2D eigenvalue weighted by Crippen LogP contribution is 2.34. The van der Waals surface area contributed by atoms with Crippen LogP contribution in [0.25, 0.3) is 0 Å². The number of amides is 1. The van der Waals surface area contributed by atoms with Crippen LogP contribution in [-0.4, -0.2) is 62.9 Å². The summed E-state index contributed by atoms with van der Waals surface area (Å²) in [5.41, 5.74) is 1.28. The normalized spacial score (nSPS) is 17.4. The molecule has 36 heavy (non-hydrogen) atoms. The van der Waals surface area contributed by atoms with Gasteiger partial charge in [-0.2, -0.15) is 4.31 Å². The van der Waals surface area contributed by atoms with Crippen molar-refractivity contribution in [1.29, 1.82) is 0 Å². The van der Waals surface area contributed by atoms with Gasteiger partial charge in [-0.3, -0.25) is 9.69 Å². The molecule has 0 bridgehead atoms. The smallest absolute Gasteiger partial charge is 0.246 e. The largest absolute Gasteiger partial charge is 0.486 e. The number of nitrogens with one attached hydrogen (secondary N) is 1. The van der Waals surface area contributed by atoms with E-state index in [1.165, 1.54) is 40.7 Å². The number of hydrogen-bond acceptors (Lipinski definition) is 6. The molecular formula is C26H26FN3O5S. The average molecular weight is 512 g/mol. The summed E-state index contributed by atoms with van der Waals surface area (Å²) in [5, 5.41) is 2.86. The lowest BCUT2D eigenvalue weighted by Crippen LogP contribution is -2.51. The highest BCUT2D eigenvalue weighted by molar-refractivity contribution is 7.89. The van der Waals surface area contributed by atoms with Gasteiger partial charge >= 0.3 is 0 Å². The predicted molar refractivity (Wildman–Crippen MR) is 132 cm³/mol. The summed E-state index contributed by atoms with van der Waals surface area (Å²) in [6, 6.07) is 18.9. The number of sulfonamides is 1. The first kappa shape index (κ1) is 24.2. The molecule has 10 heteroatoms. The van der Waals surface area contributed by atoms with Crippen LogP contribution in [0.4, 0.5) is 10.1 Å². The van der Waals surface area contributed by atoms with Crippen molar-refractivity contribution in [3.63, 3.8) is 0 Å². The third-order valence-electron chi connectivity index (χ3n) is 6.27. The lowest BCUT2D eigenvalue weighted by molar-refractivity contribution is -0.122. The number of halogens is 1. The van der Waals surface area contributed by atoms with Gasteiger partial charge in [0.05, 0.1) is 4.90 Å². The summed E-state index contributed by atoms with van der Waals surface area (Å²) >= 11 is 0. The van der Waals surface area contributed by atoms with Crippen molar-refractivity contribution in [2.24, 2.45) is 0 Å². The Morgan fingerprint density at radius 1 is 0.861 bits per heavy atom. The Morgan fingerprint density at radius 3 is 2.22 bits per heavy atom. The van der Waals surface area contributed by atoms with Gasteiger partial charge in [0.1, 0.15) is 25.1 Å². The summed E-state index contributed by atoms with van der Waals surface area (Å²) in [4.78, 5) is 15.4. The molecule has 0 unspecified atom stereocenters. The number of carbonyl (C=O) groups is 1. The minimum Gasteiger partial charge on any atom is -0.486 e. The minimum atomic E-state index is -3.75. The van der Waals surface area contributed by atoms with Crippen LogP contribution in [0.3, 0.4) is 0 Å². The van der Waals surface area contributed by atoms with E-state index in [-0.39, 0.29) is 29.7 Å². The molecule has 1 atom stereocenters. The van der Waals surface area contributed by atoms with Crippen molar-refractivity contribution in [2.45, 2.75) is 10.9 Å². The van der Waals surface area contributed by atoms with Crippen molar-refractivity contribution in [2.75, 3.05) is 44.7 Å². The maximum absolute atomic E-state index is 13.3. The molecule has 1 N–H and O–H groups in total. The highest BCUT2D eigenvalue weighted by Gasteiger charge is 2.35. The standard InChI is InChI=1S/C26H26FN3O5S/c27-20-6-8-21(9-7-20)28-26(31)25(19-4-2-1-3-5-19)29-12-14-30(15-13-29)36(32,33)22-10-11-23-24(18-22)35-17-16-34-23/h1-11,18,25H,12-17H2,(H,28,31)/t25-/m1/s1. The van der Waals surface area contributed by atoms with E-state index in [0.717, 1.165) is 5.56 Å². The quantitative estimate of drug-likeness (QED) is 0.547. The first-order chi connectivity index (χ1) is 17.4. The maximum Gasteiger partial charge on any atom is 0.246 e. The van der Waals surface area contributed by atoms with E-state index in [0.29, 0.717) is 43.5 Å². The Labute approximate surface area is 209 Å². The number of fused-ring (bicyclic) bond motifs is 1. The number of nitrogens with zero attached hydrogens (tertiary/aromatic N) is 2. The number of ether oxygens (including phenoxy) is 2. The van der Waals surface area contributed by atoms with Crippen LogP contribution in [0.2, 0.25) is 0 Å². The van der Waals surface area contributed by atoms with Crippen LogP contribution >= 0.6 is 0 Å². The number of piperazine rings is 1. The van der Waals surface area contributed by atoms with Crippen molar-refractivity contribution in [1.82, 2.24) is 9.21 Å². The molecule has 3 aromatic rings. The van der Waals surface area contributed by atoms with E-state index in [9.17, 15) is 17.6 Å². The first-order valence-corrected chi connectivity index (χ1v) is 13.1. The SMILES string of the molecule is O=C(Nc1ccc(F)cc1)[C@@H](c1ccccc1)N1CCN(S(=O)(=O)c2ccc3c(c2)OCCO3)CC1. The molecule has 2 heterocycles. The molecule has 0 saturated carbocycles. The van der Waals surface area contributed by atoms with E-state index >= 15 is 0 Å². The summed E-state index contributed by atoms with van der Waals surface area (Å²) in [6.07, 6.45) is 0. The summed E-state index contributed by atoms with van der Waals surface area (Å²) < 4.78 is 52.4. The molecule has 0 aliphatic carbocycles. The summed E-state index contributed by atoms with van der Waals surface area (Å²) in [5.74, 6) is 0.296. The Bertz CT molecular complexity index is 1330. The van der Waals surface area contributed by atoms with Crippen LogP contribution in [0.15, 0.2) is 77.7 Å². The van der Waals surface area contributed by atoms with Crippen LogP contribution in [0.1, 0.15) is 11.6 Å². The number of carbonyl (C=O) groups excluding carboxylic acids is 1. The third kappa shape index (κ3) is 5.06. The summed E-state index contributed by atoms with van der Waals surface area (Å²) in [7, 11) is -3.75. The Balaban J connectivity index is 1.32. The Hall–Kier alpha value is -3.47. The molecule has 0 spiro atoms. The van der Waals surface area contributed by atoms with Gasteiger partial charge in [-0.05, 0) is 42.0 Å². The van der Waals surface area contributed by atoms with E-state index in [1.807, 2.05) is 35.2 Å². The summed E-state index contributed by atoms with van der Waals surface area (Å²) in [6.45, 7) is 1.97. The second kappa shape index (κ2) is 10.3. The zero-order valence-corrected chi connectivity index (χ0v) is 20.3. The topological polar surface area (TPSA) is 88.2 Å². The molecule has 1 saturated heterocycles. The van der Waals surface area contributed by atoms with Gasteiger partial charge in [0.25, 0.3) is 0 Å². The van der Waals surface area contributed by atoms with Gasteiger partial charge < -0.3 is 14.8 Å². The molecule has 1 fully saturated rings. The van der Waals surface area contributed by atoms with Gasteiger partial charge in [0, 0.05) is 37.9 Å². The van der Waals surface area contributed by atoms with Crippen LogP contribution in [0, 0.1) is 5.82 Å². The first-order valence-electron chi connectivity index (χ1n) is 11.7. The molecule has 0 radical (unpaired) electrons. The molecule has 0 aromatic heterocycles. The van der Waals surface area contributed by atoms with Crippen molar-refractivity contribution in [3.05, 3.63) is 84.2 Å². The molecule has 8 nitrogen and oxygen atoms in total. The molecule has 2 aliphatic heterocycles. The number of hydrogen-bond donors (Lipinski definition) is 1. The van der Waals surface area contributed by atoms with E-state index in [1.54, 1.807) is 6.07 Å². The van der Waals surface area contributed by atoms with E-state index < -0.39 is 16.1 Å². The molecule has 5 rings (SSSR count). The zero-order chi connectivity index (χ0) is 25.1. The third-order valence-corrected chi connectivity index (χ3v) is 8.16. The fourth-order valence-electron chi connectivity index (χ4n) is 4.44. The Morgan fingerprint density at radius 2 is 1.53 bits per heavy atom. The monoisotopic (exact) mass is 511 g/mol. The van der Waals surface area contributed by atoms with Crippen LogP contribution < -0.4 is 14.8 Å².